The molecule has 3 aromatic carbocycles. The lowest BCUT2D eigenvalue weighted by molar-refractivity contribution is 0.0696. The number of para-hydroxylation sites is 1. The van der Waals surface area contributed by atoms with Crippen molar-refractivity contribution in [2.45, 2.75) is 13.1 Å². The Kier molecular flexibility index (Phi) is 5.71. The molecule has 0 aliphatic rings. The number of aromatic nitrogens is 1. The molecule has 0 saturated heterocycles. The number of aromatic carboxylic acids is 1. The minimum atomic E-state index is -1.03. The molecule has 4 aromatic rings. The fourth-order valence-corrected chi connectivity index (χ4v) is 3.40. The Morgan fingerprint density at radius 2 is 1.58 bits per heavy atom. The molecule has 1 aromatic heterocycles. The topological polar surface area (TPSA) is 70.5 Å². The Balaban J connectivity index is 1.67. The van der Waals surface area contributed by atoms with Gasteiger partial charge >= 0.3 is 5.97 Å². The van der Waals surface area contributed by atoms with Gasteiger partial charge < -0.3 is 10.0 Å². The lowest BCUT2D eigenvalue weighted by atomic mass is 10.1. The third-order valence-corrected chi connectivity index (χ3v) is 4.96. The van der Waals surface area contributed by atoms with Crippen LogP contribution in [-0.2, 0) is 13.1 Å². The molecule has 0 saturated carbocycles. The van der Waals surface area contributed by atoms with Crippen molar-refractivity contribution in [3.63, 3.8) is 0 Å². The molecule has 1 amide bonds. The van der Waals surface area contributed by atoms with Crippen LogP contribution in [0.15, 0.2) is 85.1 Å². The highest BCUT2D eigenvalue weighted by Gasteiger charge is 2.18. The third kappa shape index (κ3) is 4.75. The summed E-state index contributed by atoms with van der Waals surface area (Å²) < 4.78 is 13.3. The Bertz CT molecular complexity index is 1260. The highest BCUT2D eigenvalue weighted by atomic mass is 19.1. The molecular weight excluding hydrogens is 395 g/mol. The van der Waals surface area contributed by atoms with Gasteiger partial charge in [-0.1, -0.05) is 42.5 Å². The van der Waals surface area contributed by atoms with Gasteiger partial charge in [-0.05, 0) is 47.5 Å². The first-order chi connectivity index (χ1) is 15.0. The van der Waals surface area contributed by atoms with Crippen molar-refractivity contribution in [3.05, 3.63) is 113 Å². The number of hydrogen-bond donors (Lipinski definition) is 1. The van der Waals surface area contributed by atoms with E-state index in [9.17, 15) is 19.1 Å². The second-order valence-electron chi connectivity index (χ2n) is 7.21. The van der Waals surface area contributed by atoms with E-state index in [1.807, 2.05) is 24.3 Å². The van der Waals surface area contributed by atoms with Crippen molar-refractivity contribution < 1.29 is 19.1 Å². The first kappa shape index (κ1) is 20.2. The van der Waals surface area contributed by atoms with E-state index in [4.69, 9.17) is 0 Å². The Hall–Kier alpha value is -4.06. The van der Waals surface area contributed by atoms with E-state index >= 15 is 0 Å². The maximum absolute atomic E-state index is 13.4. The van der Waals surface area contributed by atoms with Gasteiger partial charge in [0.05, 0.1) is 16.6 Å². The smallest absolute Gasteiger partial charge is 0.335 e. The minimum absolute atomic E-state index is 0.152. The molecule has 0 radical (unpaired) electrons. The molecule has 31 heavy (non-hydrogen) atoms. The number of nitrogens with zero attached hydrogens (tertiary/aromatic N) is 2. The number of carboxylic acids is 1. The second kappa shape index (κ2) is 8.75. The van der Waals surface area contributed by atoms with E-state index < -0.39 is 5.97 Å². The average Bonchev–Trinajstić information content (AvgIpc) is 2.79. The van der Waals surface area contributed by atoms with Crippen molar-refractivity contribution in [2.75, 3.05) is 0 Å². The van der Waals surface area contributed by atoms with Gasteiger partial charge in [0.15, 0.2) is 0 Å². The monoisotopic (exact) mass is 414 g/mol. The predicted molar refractivity (Wildman–Crippen MR) is 115 cm³/mol. The van der Waals surface area contributed by atoms with Crippen LogP contribution in [0.1, 0.15) is 31.8 Å². The van der Waals surface area contributed by atoms with Gasteiger partial charge in [-0.15, -0.1) is 0 Å². The van der Waals surface area contributed by atoms with E-state index in [-0.39, 0.29) is 30.4 Å². The SMILES string of the molecule is O=C(O)c1cccc(CN(Cc2ccc(F)cc2)C(=O)c2cnc3ccccc3c2)c1. The number of rotatable bonds is 6. The standard InChI is InChI=1S/C25H19FN2O3/c26-22-10-8-17(9-11-22)15-28(16-18-4-3-6-20(12-18)25(30)31)24(29)21-13-19-5-1-2-7-23(19)27-14-21/h1-14H,15-16H2,(H,30,31). The molecular formula is C25H19FN2O3. The highest BCUT2D eigenvalue weighted by Crippen LogP contribution is 2.18. The molecule has 6 heteroatoms. The number of hydrogen-bond acceptors (Lipinski definition) is 3. The van der Waals surface area contributed by atoms with Crippen molar-refractivity contribution in [2.24, 2.45) is 0 Å². The predicted octanol–water partition coefficient (Wildman–Crippen LogP) is 4.91. The molecule has 0 spiro atoms. The number of benzene rings is 3. The van der Waals surface area contributed by atoms with Gasteiger partial charge in [-0.3, -0.25) is 9.78 Å². The van der Waals surface area contributed by atoms with Gasteiger partial charge in [0.25, 0.3) is 5.91 Å². The number of halogens is 1. The summed E-state index contributed by atoms with van der Waals surface area (Å²) in [6.07, 6.45) is 1.54. The molecule has 0 aliphatic carbocycles. The quantitative estimate of drug-likeness (QED) is 0.486. The number of amides is 1. The molecule has 154 valence electrons. The third-order valence-electron chi connectivity index (χ3n) is 4.96. The van der Waals surface area contributed by atoms with E-state index in [2.05, 4.69) is 4.98 Å². The largest absolute Gasteiger partial charge is 0.478 e. The fraction of sp³-hybridized carbons (Fsp3) is 0.0800. The van der Waals surface area contributed by atoms with Crippen LogP contribution >= 0.6 is 0 Å². The molecule has 1 N–H and O–H groups in total. The van der Waals surface area contributed by atoms with Crippen LogP contribution in [-0.4, -0.2) is 26.9 Å². The Labute approximate surface area is 178 Å². The summed E-state index contributed by atoms with van der Waals surface area (Å²) >= 11 is 0. The summed E-state index contributed by atoms with van der Waals surface area (Å²) in [5.74, 6) is -1.63. The molecule has 0 fully saturated rings. The molecule has 5 nitrogen and oxygen atoms in total. The van der Waals surface area contributed by atoms with Crippen LogP contribution < -0.4 is 0 Å². The number of carbonyl (C=O) groups excluding carboxylic acids is 1. The zero-order chi connectivity index (χ0) is 21.8. The van der Waals surface area contributed by atoms with Gasteiger partial charge in [0, 0.05) is 24.7 Å². The van der Waals surface area contributed by atoms with Crippen molar-refractivity contribution in [3.8, 4) is 0 Å². The van der Waals surface area contributed by atoms with Crippen LogP contribution in [0.3, 0.4) is 0 Å². The maximum atomic E-state index is 13.4. The zero-order valence-corrected chi connectivity index (χ0v) is 16.5. The van der Waals surface area contributed by atoms with Crippen molar-refractivity contribution in [1.29, 1.82) is 0 Å². The maximum Gasteiger partial charge on any atom is 0.335 e. The lowest BCUT2D eigenvalue weighted by Crippen LogP contribution is -2.30. The first-order valence-corrected chi connectivity index (χ1v) is 9.70. The summed E-state index contributed by atoms with van der Waals surface area (Å²) in [5.41, 5.74) is 2.81. The fourth-order valence-electron chi connectivity index (χ4n) is 3.40. The van der Waals surface area contributed by atoms with Crippen LogP contribution in [0.2, 0.25) is 0 Å². The average molecular weight is 414 g/mol. The first-order valence-electron chi connectivity index (χ1n) is 9.70. The molecule has 4 rings (SSSR count). The molecule has 0 atom stereocenters. The normalized spacial score (nSPS) is 10.7. The van der Waals surface area contributed by atoms with Crippen molar-refractivity contribution in [1.82, 2.24) is 9.88 Å². The summed E-state index contributed by atoms with van der Waals surface area (Å²) in [6, 6.07) is 21.7. The molecule has 0 unspecified atom stereocenters. The number of fused-ring (bicyclic) bond motifs is 1. The Morgan fingerprint density at radius 1 is 0.839 bits per heavy atom. The summed E-state index contributed by atoms with van der Waals surface area (Å²) in [4.78, 5) is 30.7. The summed E-state index contributed by atoms with van der Waals surface area (Å²) in [7, 11) is 0. The molecule has 0 aliphatic heterocycles. The summed E-state index contributed by atoms with van der Waals surface area (Å²) in [5, 5.41) is 10.1. The highest BCUT2D eigenvalue weighted by molar-refractivity contribution is 5.97. The number of carboxylic acid groups (broad SMARTS) is 1. The lowest BCUT2D eigenvalue weighted by Gasteiger charge is -2.23. The van der Waals surface area contributed by atoms with E-state index in [0.29, 0.717) is 11.1 Å². The van der Waals surface area contributed by atoms with E-state index in [0.717, 1.165) is 16.5 Å². The van der Waals surface area contributed by atoms with Gasteiger partial charge in [0.2, 0.25) is 0 Å². The van der Waals surface area contributed by atoms with Crippen LogP contribution in [0.25, 0.3) is 10.9 Å². The molecule has 0 bridgehead atoms. The van der Waals surface area contributed by atoms with Gasteiger partial charge in [0.1, 0.15) is 5.82 Å². The van der Waals surface area contributed by atoms with E-state index in [1.165, 1.54) is 24.4 Å². The summed E-state index contributed by atoms with van der Waals surface area (Å²) in [6.45, 7) is 0.438. The second-order valence-corrected chi connectivity index (χ2v) is 7.21. The van der Waals surface area contributed by atoms with Gasteiger partial charge in [-0.25, -0.2) is 9.18 Å². The number of carbonyl (C=O) groups is 2. The van der Waals surface area contributed by atoms with E-state index in [1.54, 1.807) is 41.3 Å². The molecule has 1 heterocycles. The number of pyridine rings is 1. The Morgan fingerprint density at radius 3 is 2.35 bits per heavy atom. The zero-order valence-electron chi connectivity index (χ0n) is 16.5. The van der Waals surface area contributed by atoms with Crippen LogP contribution in [0, 0.1) is 5.82 Å². The van der Waals surface area contributed by atoms with Crippen LogP contribution in [0.4, 0.5) is 4.39 Å². The minimum Gasteiger partial charge on any atom is -0.478 e. The van der Waals surface area contributed by atoms with Crippen molar-refractivity contribution >= 4 is 22.8 Å². The van der Waals surface area contributed by atoms with Crippen LogP contribution in [0.5, 0.6) is 0 Å². The van der Waals surface area contributed by atoms with Gasteiger partial charge in [-0.2, -0.15) is 0 Å².